The Bertz CT molecular complexity index is 602. The maximum Gasteiger partial charge on any atom is 0.434 e. The predicted octanol–water partition coefficient (Wildman–Crippen LogP) is 3.01. The molecule has 0 saturated carbocycles. The zero-order valence-electron chi connectivity index (χ0n) is 8.87. The van der Waals surface area contributed by atoms with E-state index in [4.69, 9.17) is 6.42 Å². The minimum atomic E-state index is -4.63. The zero-order valence-corrected chi connectivity index (χ0v) is 8.87. The van der Waals surface area contributed by atoms with Gasteiger partial charge in [-0.3, -0.25) is 0 Å². The fourth-order valence-electron chi connectivity index (χ4n) is 1.50. The van der Waals surface area contributed by atoms with Crippen molar-refractivity contribution >= 4 is 0 Å². The first-order valence-corrected chi connectivity index (χ1v) is 4.81. The van der Waals surface area contributed by atoms with Crippen LogP contribution in [-0.2, 0) is 6.18 Å². The van der Waals surface area contributed by atoms with Gasteiger partial charge in [-0.25, -0.2) is 9.07 Å². The summed E-state index contributed by atoms with van der Waals surface area (Å²) in [6.07, 6.45) is 1.32. The first-order valence-electron chi connectivity index (χ1n) is 4.81. The fourth-order valence-corrected chi connectivity index (χ4v) is 1.50. The summed E-state index contributed by atoms with van der Waals surface area (Å²) in [5, 5.41) is 3.59. The molecule has 0 unspecified atom stereocenters. The SMILES string of the molecule is C#Cc1cnn(-c2ccc(F)cc2)c1C(F)(F)F. The monoisotopic (exact) mass is 254 g/mol. The third kappa shape index (κ3) is 2.07. The Labute approximate surface area is 99.9 Å². The van der Waals surface area contributed by atoms with Crippen LogP contribution in [-0.4, -0.2) is 9.78 Å². The van der Waals surface area contributed by atoms with E-state index in [9.17, 15) is 17.6 Å². The number of halogens is 4. The quantitative estimate of drug-likeness (QED) is 0.565. The minimum absolute atomic E-state index is 0.0882. The van der Waals surface area contributed by atoms with Gasteiger partial charge in [0.1, 0.15) is 5.82 Å². The molecular formula is C12H6F4N2. The molecule has 0 amide bonds. The second kappa shape index (κ2) is 4.18. The van der Waals surface area contributed by atoms with Crippen LogP contribution < -0.4 is 0 Å². The van der Waals surface area contributed by atoms with E-state index in [2.05, 4.69) is 5.10 Å². The maximum atomic E-state index is 12.9. The molecule has 2 nitrogen and oxygen atoms in total. The number of nitrogens with zero attached hydrogens (tertiary/aromatic N) is 2. The lowest BCUT2D eigenvalue weighted by Crippen LogP contribution is -2.14. The summed E-state index contributed by atoms with van der Waals surface area (Å²) < 4.78 is 52.0. The van der Waals surface area contributed by atoms with Crippen molar-refractivity contribution in [1.82, 2.24) is 9.78 Å². The van der Waals surface area contributed by atoms with Crippen LogP contribution >= 0.6 is 0 Å². The summed E-state index contributed by atoms with van der Waals surface area (Å²) in [5.74, 6) is 1.38. The topological polar surface area (TPSA) is 17.8 Å². The van der Waals surface area contributed by atoms with Crippen LogP contribution in [0.3, 0.4) is 0 Å². The molecule has 0 spiro atoms. The largest absolute Gasteiger partial charge is 0.434 e. The van der Waals surface area contributed by atoms with Crippen molar-refractivity contribution in [3.05, 3.63) is 47.5 Å². The highest BCUT2D eigenvalue weighted by molar-refractivity contribution is 5.42. The van der Waals surface area contributed by atoms with Crippen molar-refractivity contribution in [3.63, 3.8) is 0 Å². The predicted molar refractivity (Wildman–Crippen MR) is 56.5 cm³/mol. The molecule has 0 atom stereocenters. The molecule has 0 radical (unpaired) electrons. The van der Waals surface area contributed by atoms with Crippen LogP contribution in [0.1, 0.15) is 11.3 Å². The molecule has 6 heteroatoms. The summed E-state index contributed by atoms with van der Waals surface area (Å²) in [4.78, 5) is 0. The lowest BCUT2D eigenvalue weighted by atomic mass is 10.2. The van der Waals surface area contributed by atoms with Gasteiger partial charge in [0.15, 0.2) is 5.69 Å². The normalized spacial score (nSPS) is 11.3. The van der Waals surface area contributed by atoms with Gasteiger partial charge >= 0.3 is 6.18 Å². The summed E-state index contributed by atoms with van der Waals surface area (Å²) in [5.41, 5.74) is -1.31. The second-order valence-corrected chi connectivity index (χ2v) is 3.44. The van der Waals surface area contributed by atoms with Crippen molar-refractivity contribution in [1.29, 1.82) is 0 Å². The Morgan fingerprint density at radius 1 is 1.17 bits per heavy atom. The van der Waals surface area contributed by atoms with E-state index in [1.54, 1.807) is 0 Å². The van der Waals surface area contributed by atoms with Gasteiger partial charge in [-0.15, -0.1) is 6.42 Å². The summed E-state index contributed by atoms with van der Waals surface area (Å²) >= 11 is 0. The van der Waals surface area contributed by atoms with E-state index in [1.165, 1.54) is 12.1 Å². The number of terminal acetylenes is 1. The average molecular weight is 254 g/mol. The number of rotatable bonds is 1. The van der Waals surface area contributed by atoms with Gasteiger partial charge in [-0.1, -0.05) is 5.92 Å². The molecular weight excluding hydrogens is 248 g/mol. The van der Waals surface area contributed by atoms with Crippen LogP contribution in [0.25, 0.3) is 5.69 Å². The minimum Gasteiger partial charge on any atom is -0.227 e. The van der Waals surface area contributed by atoms with Gasteiger partial charge in [-0.05, 0) is 24.3 Å². The standard InChI is InChI=1S/C12H6F4N2/c1-2-8-7-17-18(11(8)12(14,15)16)10-5-3-9(13)4-6-10/h1,3-7H. The second-order valence-electron chi connectivity index (χ2n) is 3.44. The third-order valence-corrected chi connectivity index (χ3v) is 2.26. The Kier molecular flexibility index (Phi) is 2.83. The van der Waals surface area contributed by atoms with Crippen LogP contribution in [0.5, 0.6) is 0 Å². The number of aromatic nitrogens is 2. The number of hydrogen-bond acceptors (Lipinski definition) is 1. The molecule has 18 heavy (non-hydrogen) atoms. The smallest absolute Gasteiger partial charge is 0.227 e. The molecule has 0 aliphatic heterocycles. The van der Waals surface area contributed by atoms with E-state index in [-0.39, 0.29) is 11.3 Å². The lowest BCUT2D eigenvalue weighted by molar-refractivity contribution is -0.143. The maximum absolute atomic E-state index is 12.9. The molecule has 0 aliphatic rings. The Balaban J connectivity index is 2.63. The van der Waals surface area contributed by atoms with Gasteiger partial charge in [0.2, 0.25) is 0 Å². The van der Waals surface area contributed by atoms with Gasteiger partial charge in [0.25, 0.3) is 0 Å². The number of benzene rings is 1. The van der Waals surface area contributed by atoms with E-state index in [1.807, 2.05) is 5.92 Å². The first kappa shape index (κ1) is 12.2. The molecule has 0 saturated heterocycles. The van der Waals surface area contributed by atoms with Gasteiger partial charge < -0.3 is 0 Å². The molecule has 0 fully saturated rings. The summed E-state index contributed by atoms with van der Waals surface area (Å²) in [6.45, 7) is 0. The average Bonchev–Trinajstić information content (AvgIpc) is 2.73. The van der Waals surface area contributed by atoms with Crippen LogP contribution in [0, 0.1) is 18.2 Å². The van der Waals surface area contributed by atoms with Crippen molar-refractivity contribution in [2.75, 3.05) is 0 Å². The van der Waals surface area contributed by atoms with Crippen molar-refractivity contribution in [2.45, 2.75) is 6.18 Å². The zero-order chi connectivity index (χ0) is 13.3. The van der Waals surface area contributed by atoms with Crippen LogP contribution in [0.15, 0.2) is 30.5 Å². The summed E-state index contributed by atoms with van der Waals surface area (Å²) in [6, 6.07) is 4.48. The molecule has 1 aromatic carbocycles. The lowest BCUT2D eigenvalue weighted by Gasteiger charge is -2.11. The number of hydrogen-bond donors (Lipinski definition) is 0. The van der Waals surface area contributed by atoms with E-state index in [0.717, 1.165) is 18.3 Å². The van der Waals surface area contributed by atoms with Gasteiger partial charge in [0, 0.05) is 0 Å². The van der Waals surface area contributed by atoms with E-state index < -0.39 is 17.7 Å². The van der Waals surface area contributed by atoms with Crippen LogP contribution in [0.4, 0.5) is 17.6 Å². The Morgan fingerprint density at radius 3 is 2.28 bits per heavy atom. The molecule has 0 aliphatic carbocycles. The Hall–Kier alpha value is -2.29. The molecule has 0 bridgehead atoms. The fraction of sp³-hybridized carbons (Fsp3) is 0.0833. The highest BCUT2D eigenvalue weighted by atomic mass is 19.4. The van der Waals surface area contributed by atoms with Gasteiger partial charge in [-0.2, -0.15) is 18.3 Å². The highest BCUT2D eigenvalue weighted by Gasteiger charge is 2.38. The van der Waals surface area contributed by atoms with Gasteiger partial charge in [0.05, 0.1) is 17.4 Å². The number of alkyl halides is 3. The van der Waals surface area contributed by atoms with E-state index in [0.29, 0.717) is 4.68 Å². The first-order chi connectivity index (χ1) is 8.43. The third-order valence-electron chi connectivity index (χ3n) is 2.26. The molecule has 2 aromatic rings. The molecule has 2 rings (SSSR count). The molecule has 1 aromatic heterocycles. The van der Waals surface area contributed by atoms with Crippen molar-refractivity contribution < 1.29 is 17.6 Å². The molecule has 0 N–H and O–H groups in total. The molecule has 92 valence electrons. The molecule has 1 heterocycles. The summed E-state index contributed by atoms with van der Waals surface area (Å²) in [7, 11) is 0. The van der Waals surface area contributed by atoms with E-state index >= 15 is 0 Å². The highest BCUT2D eigenvalue weighted by Crippen LogP contribution is 2.33. The van der Waals surface area contributed by atoms with Crippen molar-refractivity contribution in [2.24, 2.45) is 0 Å². The van der Waals surface area contributed by atoms with Crippen LogP contribution in [0.2, 0.25) is 0 Å². The van der Waals surface area contributed by atoms with Crippen molar-refractivity contribution in [3.8, 4) is 18.0 Å². The Morgan fingerprint density at radius 2 is 1.78 bits per heavy atom.